The first-order chi connectivity index (χ1) is 9.27. The van der Waals surface area contributed by atoms with E-state index in [1.165, 1.54) is 0 Å². The fourth-order valence-corrected chi connectivity index (χ4v) is 4.68. The van der Waals surface area contributed by atoms with Gasteiger partial charge in [-0.15, -0.1) is 11.3 Å². The molecule has 20 heavy (non-hydrogen) atoms. The van der Waals surface area contributed by atoms with E-state index in [1.807, 2.05) is 6.92 Å². The predicted molar refractivity (Wildman–Crippen MR) is 80.8 cm³/mol. The molecule has 0 radical (unpaired) electrons. The van der Waals surface area contributed by atoms with Crippen LogP contribution in [-0.2, 0) is 9.84 Å². The number of nitrogens with one attached hydrogen (secondary N) is 1. The Labute approximate surface area is 122 Å². The molecule has 0 aromatic carbocycles. The minimum absolute atomic E-state index is 0.0197. The van der Waals surface area contributed by atoms with Crippen molar-refractivity contribution in [1.82, 2.24) is 0 Å². The van der Waals surface area contributed by atoms with Gasteiger partial charge in [0.1, 0.15) is 14.8 Å². The normalized spacial score (nSPS) is 16.9. The molecule has 1 fully saturated rings. The van der Waals surface area contributed by atoms with E-state index in [9.17, 15) is 13.2 Å². The second-order valence-electron chi connectivity index (χ2n) is 5.04. The second-order valence-corrected chi connectivity index (χ2v) is 8.28. The molecular weight excluding hydrogens is 298 g/mol. The molecular formula is C12H19N3O3S2. The average Bonchev–Trinajstić information content (AvgIpc) is 3.14. The number of anilines is 2. The molecule has 0 saturated heterocycles. The smallest absolute Gasteiger partial charge is 0.261 e. The standard InChI is InChI=1S/C12H19N3O3S2/c1-3-20(17,18)10-8(13)9(11(14)16)19-12(10)15-6(2)7-4-5-7/h6-7,15H,3-5,13H2,1-2H3,(H2,14,16). The summed E-state index contributed by atoms with van der Waals surface area (Å²) in [7, 11) is -3.51. The molecule has 1 atom stereocenters. The third kappa shape index (κ3) is 2.76. The first-order valence-electron chi connectivity index (χ1n) is 6.49. The van der Waals surface area contributed by atoms with Crippen LogP contribution in [0.5, 0.6) is 0 Å². The van der Waals surface area contributed by atoms with Gasteiger partial charge in [-0.3, -0.25) is 4.79 Å². The predicted octanol–water partition coefficient (Wildman–Crippen LogP) is 1.43. The summed E-state index contributed by atoms with van der Waals surface area (Å²) in [5, 5.41) is 3.61. The van der Waals surface area contributed by atoms with Crippen LogP contribution in [-0.4, -0.2) is 26.1 Å². The number of hydrogen-bond donors (Lipinski definition) is 3. The van der Waals surface area contributed by atoms with Gasteiger partial charge in [-0.1, -0.05) is 6.92 Å². The first kappa shape index (κ1) is 15.1. The molecule has 1 aliphatic carbocycles. The first-order valence-corrected chi connectivity index (χ1v) is 8.96. The molecule has 0 bridgehead atoms. The molecule has 1 aromatic heterocycles. The zero-order chi connectivity index (χ0) is 15.1. The maximum Gasteiger partial charge on any atom is 0.261 e. The molecule has 1 amide bonds. The van der Waals surface area contributed by atoms with Crippen molar-refractivity contribution in [2.45, 2.75) is 37.6 Å². The number of thiophene rings is 1. The van der Waals surface area contributed by atoms with Gasteiger partial charge in [0.2, 0.25) is 0 Å². The highest BCUT2D eigenvalue weighted by atomic mass is 32.2. The number of primary amides is 1. The van der Waals surface area contributed by atoms with Gasteiger partial charge in [0.05, 0.1) is 11.4 Å². The van der Waals surface area contributed by atoms with Crippen molar-refractivity contribution >= 4 is 37.8 Å². The highest BCUT2D eigenvalue weighted by Gasteiger charge is 2.32. The topological polar surface area (TPSA) is 115 Å². The number of hydrogen-bond acceptors (Lipinski definition) is 6. The molecule has 1 heterocycles. The molecule has 8 heteroatoms. The molecule has 5 N–H and O–H groups in total. The Bertz CT molecular complexity index is 633. The molecule has 6 nitrogen and oxygen atoms in total. The highest BCUT2D eigenvalue weighted by Crippen LogP contribution is 2.42. The molecule has 0 spiro atoms. The van der Waals surface area contributed by atoms with Gasteiger partial charge in [0.15, 0.2) is 9.84 Å². The Morgan fingerprint density at radius 2 is 2.10 bits per heavy atom. The van der Waals surface area contributed by atoms with Crippen molar-refractivity contribution in [2.75, 3.05) is 16.8 Å². The molecule has 112 valence electrons. The van der Waals surface area contributed by atoms with Crippen LogP contribution in [0.15, 0.2) is 4.90 Å². The monoisotopic (exact) mass is 317 g/mol. The number of carbonyl (C=O) groups excluding carboxylic acids is 1. The van der Waals surface area contributed by atoms with Crippen molar-refractivity contribution in [3.05, 3.63) is 4.88 Å². The Hall–Kier alpha value is -1.28. The zero-order valence-corrected chi connectivity index (χ0v) is 13.1. The van der Waals surface area contributed by atoms with Crippen LogP contribution in [0.3, 0.4) is 0 Å². The Morgan fingerprint density at radius 3 is 2.55 bits per heavy atom. The van der Waals surface area contributed by atoms with E-state index < -0.39 is 15.7 Å². The average molecular weight is 317 g/mol. The van der Waals surface area contributed by atoms with Crippen molar-refractivity contribution in [3.63, 3.8) is 0 Å². The third-order valence-electron chi connectivity index (χ3n) is 3.50. The summed E-state index contributed by atoms with van der Waals surface area (Å²) < 4.78 is 24.4. The summed E-state index contributed by atoms with van der Waals surface area (Å²) >= 11 is 1.02. The summed E-state index contributed by atoms with van der Waals surface area (Å²) in [4.78, 5) is 11.5. The lowest BCUT2D eigenvalue weighted by Gasteiger charge is -2.14. The van der Waals surface area contributed by atoms with Gasteiger partial charge in [-0.05, 0) is 25.7 Å². The van der Waals surface area contributed by atoms with Crippen LogP contribution in [0, 0.1) is 5.92 Å². The van der Waals surface area contributed by atoms with Crippen molar-refractivity contribution < 1.29 is 13.2 Å². The maximum atomic E-state index is 12.2. The van der Waals surface area contributed by atoms with Gasteiger partial charge in [0, 0.05) is 6.04 Å². The molecule has 0 aliphatic heterocycles. The lowest BCUT2D eigenvalue weighted by molar-refractivity contribution is 0.100. The van der Waals surface area contributed by atoms with Gasteiger partial charge >= 0.3 is 0 Å². The van der Waals surface area contributed by atoms with Crippen molar-refractivity contribution in [1.29, 1.82) is 0 Å². The van der Waals surface area contributed by atoms with Crippen LogP contribution >= 0.6 is 11.3 Å². The minimum Gasteiger partial charge on any atom is -0.396 e. The Balaban J connectivity index is 2.48. The molecule has 1 saturated carbocycles. The number of rotatable bonds is 6. The van der Waals surface area contributed by atoms with Crippen LogP contribution in [0.2, 0.25) is 0 Å². The lowest BCUT2D eigenvalue weighted by atomic mass is 10.2. The second kappa shape index (κ2) is 5.25. The Morgan fingerprint density at radius 1 is 1.50 bits per heavy atom. The van der Waals surface area contributed by atoms with E-state index in [2.05, 4.69) is 5.32 Å². The van der Waals surface area contributed by atoms with Crippen molar-refractivity contribution in [2.24, 2.45) is 11.7 Å². The van der Waals surface area contributed by atoms with Crippen LogP contribution < -0.4 is 16.8 Å². The maximum absolute atomic E-state index is 12.2. The largest absolute Gasteiger partial charge is 0.396 e. The van der Waals surface area contributed by atoms with Crippen LogP contribution in [0.4, 0.5) is 10.7 Å². The molecule has 1 unspecified atom stereocenters. The number of nitrogens with two attached hydrogens (primary N) is 2. The summed E-state index contributed by atoms with van der Waals surface area (Å²) in [6.07, 6.45) is 2.27. The van der Waals surface area contributed by atoms with E-state index in [4.69, 9.17) is 11.5 Å². The van der Waals surface area contributed by atoms with Gasteiger partial charge in [0.25, 0.3) is 5.91 Å². The Kier molecular flexibility index (Phi) is 3.97. The zero-order valence-electron chi connectivity index (χ0n) is 11.5. The van der Waals surface area contributed by atoms with Crippen LogP contribution in [0.25, 0.3) is 0 Å². The van der Waals surface area contributed by atoms with Crippen molar-refractivity contribution in [3.8, 4) is 0 Å². The molecule has 2 rings (SSSR count). The quantitative estimate of drug-likeness (QED) is 0.734. The molecule has 1 aromatic rings. The van der Waals surface area contributed by atoms with Gasteiger partial charge in [-0.25, -0.2) is 8.42 Å². The number of sulfone groups is 1. The SMILES string of the molecule is CCS(=O)(=O)c1c(NC(C)C2CC2)sc(C(N)=O)c1N. The minimum atomic E-state index is -3.51. The highest BCUT2D eigenvalue weighted by molar-refractivity contribution is 7.91. The third-order valence-corrected chi connectivity index (χ3v) is 6.59. The van der Waals surface area contributed by atoms with E-state index in [-0.39, 0.29) is 27.3 Å². The van der Waals surface area contributed by atoms with E-state index in [0.29, 0.717) is 10.9 Å². The van der Waals surface area contributed by atoms with Crippen LogP contribution in [0.1, 0.15) is 36.4 Å². The fraction of sp³-hybridized carbons (Fsp3) is 0.583. The van der Waals surface area contributed by atoms with E-state index in [1.54, 1.807) is 6.92 Å². The summed E-state index contributed by atoms with van der Waals surface area (Å²) in [5.74, 6) is -0.224. The summed E-state index contributed by atoms with van der Waals surface area (Å²) in [6.45, 7) is 3.55. The van der Waals surface area contributed by atoms with Gasteiger partial charge < -0.3 is 16.8 Å². The number of carbonyl (C=O) groups is 1. The fourth-order valence-electron chi connectivity index (χ4n) is 2.08. The van der Waals surface area contributed by atoms with Gasteiger partial charge in [-0.2, -0.15) is 0 Å². The van der Waals surface area contributed by atoms with E-state index in [0.717, 1.165) is 24.2 Å². The molecule has 1 aliphatic rings. The van der Waals surface area contributed by atoms with E-state index >= 15 is 0 Å². The lowest BCUT2D eigenvalue weighted by Crippen LogP contribution is -2.18. The number of nitrogen functional groups attached to an aromatic ring is 1. The number of amides is 1. The summed E-state index contributed by atoms with van der Waals surface area (Å²) in [6, 6.07) is 0.152. The summed E-state index contributed by atoms with van der Waals surface area (Å²) in [5.41, 5.74) is 11.0.